The van der Waals surface area contributed by atoms with Crippen LogP contribution >= 0.6 is 0 Å². The van der Waals surface area contributed by atoms with Crippen molar-refractivity contribution in [2.24, 2.45) is 0 Å². The molecule has 0 radical (unpaired) electrons. The van der Waals surface area contributed by atoms with Crippen LogP contribution in [0, 0.1) is 0 Å². The summed E-state index contributed by atoms with van der Waals surface area (Å²) in [5.41, 5.74) is 4.87. The lowest BCUT2D eigenvalue weighted by atomic mass is 9.83. The maximum Gasteiger partial charge on any atom is 0.0348 e. The molecular weight excluding hydrogens is 242 g/mol. The van der Waals surface area contributed by atoms with Gasteiger partial charge in [0.15, 0.2) is 0 Å². The first-order valence-electron chi connectivity index (χ1n) is 8.40. The van der Waals surface area contributed by atoms with Crippen LogP contribution in [0.4, 0.5) is 0 Å². The molecule has 20 heavy (non-hydrogen) atoms. The fourth-order valence-electron chi connectivity index (χ4n) is 3.91. The Morgan fingerprint density at radius 2 is 2.10 bits per heavy atom. The Kier molecular flexibility index (Phi) is 4.57. The minimum atomic E-state index is 0.582. The van der Waals surface area contributed by atoms with Crippen LogP contribution in [0.3, 0.4) is 0 Å². The smallest absolute Gasteiger partial charge is 0.0348 e. The third kappa shape index (κ3) is 2.83. The van der Waals surface area contributed by atoms with E-state index in [-0.39, 0.29) is 0 Å². The third-order valence-corrected chi connectivity index (χ3v) is 4.92. The van der Waals surface area contributed by atoms with Crippen molar-refractivity contribution in [2.75, 3.05) is 6.54 Å². The zero-order chi connectivity index (χ0) is 13.8. The summed E-state index contributed by atoms with van der Waals surface area (Å²) in [6, 6.07) is 9.66. The topological polar surface area (TPSA) is 12.0 Å². The number of aryl methyl sites for hydroxylation is 1. The summed E-state index contributed by atoms with van der Waals surface area (Å²) in [5.74, 6) is 0.696. The highest BCUT2D eigenvalue weighted by Gasteiger charge is 2.31. The quantitative estimate of drug-likeness (QED) is 0.771. The molecule has 0 amide bonds. The Balaban J connectivity index is 1.84. The number of rotatable bonds is 5. The maximum absolute atomic E-state index is 3.85. The molecule has 3 rings (SSSR count). The van der Waals surface area contributed by atoms with E-state index in [1.165, 1.54) is 44.9 Å². The zero-order valence-electron chi connectivity index (χ0n) is 12.7. The van der Waals surface area contributed by atoms with Crippen LogP contribution in [0.5, 0.6) is 0 Å². The molecule has 0 saturated heterocycles. The summed E-state index contributed by atoms with van der Waals surface area (Å²) in [4.78, 5) is 0. The van der Waals surface area contributed by atoms with Gasteiger partial charge in [0.25, 0.3) is 0 Å². The van der Waals surface area contributed by atoms with Crippen LogP contribution in [0.2, 0.25) is 0 Å². The first-order chi connectivity index (χ1) is 9.90. The van der Waals surface area contributed by atoms with Gasteiger partial charge in [0.05, 0.1) is 0 Å². The van der Waals surface area contributed by atoms with Crippen molar-refractivity contribution < 1.29 is 0 Å². The van der Waals surface area contributed by atoms with E-state index >= 15 is 0 Å². The summed E-state index contributed by atoms with van der Waals surface area (Å²) >= 11 is 0. The summed E-state index contributed by atoms with van der Waals surface area (Å²) in [6.45, 7) is 3.41. The van der Waals surface area contributed by atoms with E-state index in [2.05, 4.69) is 42.6 Å². The second kappa shape index (κ2) is 6.58. The molecule has 2 unspecified atom stereocenters. The monoisotopic (exact) mass is 269 g/mol. The molecule has 1 nitrogen and oxygen atoms in total. The first-order valence-corrected chi connectivity index (χ1v) is 8.40. The number of fused-ring (bicyclic) bond motifs is 1. The van der Waals surface area contributed by atoms with E-state index in [4.69, 9.17) is 0 Å². The highest BCUT2D eigenvalue weighted by molar-refractivity contribution is 5.38. The Hall–Kier alpha value is -1.08. The van der Waals surface area contributed by atoms with Crippen LogP contribution in [-0.4, -0.2) is 12.6 Å². The lowest BCUT2D eigenvalue weighted by Gasteiger charge is -2.30. The SMILES string of the molecule is CCCNC(C1=CCCCC1)C1CCc2ccccc21. The van der Waals surface area contributed by atoms with Gasteiger partial charge in [0, 0.05) is 12.0 Å². The summed E-state index contributed by atoms with van der Waals surface area (Å²) < 4.78 is 0. The molecule has 1 aromatic rings. The molecule has 0 heterocycles. The summed E-state index contributed by atoms with van der Waals surface area (Å²) in [7, 11) is 0. The van der Waals surface area contributed by atoms with E-state index < -0.39 is 0 Å². The number of allylic oxidation sites excluding steroid dienone is 1. The molecule has 0 spiro atoms. The Morgan fingerprint density at radius 1 is 1.20 bits per heavy atom. The van der Waals surface area contributed by atoms with E-state index in [0.717, 1.165) is 6.54 Å². The highest BCUT2D eigenvalue weighted by atomic mass is 14.9. The van der Waals surface area contributed by atoms with Gasteiger partial charge >= 0.3 is 0 Å². The van der Waals surface area contributed by atoms with Crippen molar-refractivity contribution in [2.45, 2.75) is 63.8 Å². The Bertz CT molecular complexity index is 474. The van der Waals surface area contributed by atoms with Crippen LogP contribution in [0.1, 0.15) is 62.5 Å². The second-order valence-electron chi connectivity index (χ2n) is 6.30. The first kappa shape index (κ1) is 13.9. The van der Waals surface area contributed by atoms with Crippen molar-refractivity contribution >= 4 is 0 Å². The van der Waals surface area contributed by atoms with Crippen molar-refractivity contribution in [1.82, 2.24) is 5.32 Å². The molecule has 2 atom stereocenters. The standard InChI is InChI=1S/C19H27N/c1-2-14-20-19(16-9-4-3-5-10-16)18-13-12-15-8-6-7-11-17(15)18/h6-9,11,18-20H,2-5,10,12-14H2,1H3. The Morgan fingerprint density at radius 3 is 2.90 bits per heavy atom. The predicted octanol–water partition coefficient (Wildman–Crippen LogP) is 4.59. The van der Waals surface area contributed by atoms with E-state index in [1.54, 1.807) is 16.7 Å². The van der Waals surface area contributed by atoms with Gasteiger partial charge in [-0.25, -0.2) is 0 Å². The number of hydrogen-bond acceptors (Lipinski definition) is 1. The molecule has 2 aliphatic carbocycles. The largest absolute Gasteiger partial charge is 0.310 e. The molecular formula is C19H27N. The van der Waals surface area contributed by atoms with E-state index in [0.29, 0.717) is 12.0 Å². The van der Waals surface area contributed by atoms with E-state index in [1.807, 2.05) is 0 Å². The van der Waals surface area contributed by atoms with Crippen molar-refractivity contribution in [3.63, 3.8) is 0 Å². The molecule has 108 valence electrons. The fourth-order valence-corrected chi connectivity index (χ4v) is 3.91. The average Bonchev–Trinajstić information content (AvgIpc) is 2.93. The van der Waals surface area contributed by atoms with Crippen molar-refractivity contribution in [1.29, 1.82) is 0 Å². The predicted molar refractivity (Wildman–Crippen MR) is 86.1 cm³/mol. The normalized spacial score (nSPS) is 23.2. The summed E-state index contributed by atoms with van der Waals surface area (Å²) in [5, 5.41) is 3.85. The van der Waals surface area contributed by atoms with Gasteiger partial charge in [-0.1, -0.05) is 42.8 Å². The number of nitrogens with one attached hydrogen (secondary N) is 1. The van der Waals surface area contributed by atoms with Gasteiger partial charge in [-0.05, 0) is 62.6 Å². The van der Waals surface area contributed by atoms with Gasteiger partial charge in [-0.2, -0.15) is 0 Å². The van der Waals surface area contributed by atoms with Crippen molar-refractivity contribution in [3.05, 3.63) is 47.0 Å². The van der Waals surface area contributed by atoms with Gasteiger partial charge in [0.2, 0.25) is 0 Å². The van der Waals surface area contributed by atoms with E-state index in [9.17, 15) is 0 Å². The Labute approximate surface area is 123 Å². The zero-order valence-corrected chi connectivity index (χ0v) is 12.7. The lowest BCUT2D eigenvalue weighted by molar-refractivity contribution is 0.453. The van der Waals surface area contributed by atoms with Gasteiger partial charge in [0.1, 0.15) is 0 Å². The number of hydrogen-bond donors (Lipinski definition) is 1. The molecule has 2 aliphatic rings. The minimum absolute atomic E-state index is 0.582. The molecule has 0 aliphatic heterocycles. The second-order valence-corrected chi connectivity index (χ2v) is 6.30. The number of benzene rings is 1. The van der Waals surface area contributed by atoms with Crippen LogP contribution in [0.25, 0.3) is 0 Å². The molecule has 1 heteroatoms. The summed E-state index contributed by atoms with van der Waals surface area (Å²) in [6.07, 6.45) is 11.7. The van der Waals surface area contributed by atoms with Crippen LogP contribution in [0.15, 0.2) is 35.9 Å². The van der Waals surface area contributed by atoms with Gasteiger partial charge in [-0.3, -0.25) is 0 Å². The van der Waals surface area contributed by atoms with Gasteiger partial charge < -0.3 is 5.32 Å². The molecule has 1 N–H and O–H groups in total. The molecule has 0 saturated carbocycles. The minimum Gasteiger partial charge on any atom is -0.310 e. The average molecular weight is 269 g/mol. The van der Waals surface area contributed by atoms with Crippen molar-refractivity contribution in [3.8, 4) is 0 Å². The highest BCUT2D eigenvalue weighted by Crippen LogP contribution is 2.39. The molecule has 0 bridgehead atoms. The fraction of sp³-hybridized carbons (Fsp3) is 0.579. The van der Waals surface area contributed by atoms with Gasteiger partial charge in [-0.15, -0.1) is 0 Å². The van der Waals surface area contributed by atoms with Crippen LogP contribution in [-0.2, 0) is 6.42 Å². The lowest BCUT2D eigenvalue weighted by Crippen LogP contribution is -2.37. The molecule has 1 aromatic carbocycles. The van der Waals surface area contributed by atoms with Crippen LogP contribution < -0.4 is 5.32 Å². The maximum atomic E-state index is 3.85. The molecule has 0 aromatic heterocycles. The molecule has 0 fully saturated rings. The third-order valence-electron chi connectivity index (χ3n) is 4.92.